The quantitative estimate of drug-likeness (QED) is 0.769. The molecule has 1 aromatic heterocycles. The van der Waals surface area contributed by atoms with Crippen molar-refractivity contribution >= 4 is 23.1 Å². The van der Waals surface area contributed by atoms with Crippen molar-refractivity contribution in [3.8, 4) is 0 Å². The van der Waals surface area contributed by atoms with Gasteiger partial charge in [-0.3, -0.25) is 4.90 Å². The number of anilines is 1. The molecule has 30 heavy (non-hydrogen) atoms. The van der Waals surface area contributed by atoms with Crippen LogP contribution in [0.4, 0.5) is 10.5 Å². The van der Waals surface area contributed by atoms with Crippen molar-refractivity contribution in [2.24, 2.45) is 0 Å². The number of aryl methyl sites for hydroxylation is 1. The lowest BCUT2D eigenvalue weighted by Gasteiger charge is -2.36. The summed E-state index contributed by atoms with van der Waals surface area (Å²) >= 11 is 1.95. The van der Waals surface area contributed by atoms with Crippen LogP contribution in [0.2, 0.25) is 0 Å². The van der Waals surface area contributed by atoms with E-state index in [2.05, 4.69) is 10.2 Å². The van der Waals surface area contributed by atoms with Gasteiger partial charge in [-0.15, -0.1) is 11.3 Å². The molecule has 1 saturated heterocycles. The van der Waals surface area contributed by atoms with Gasteiger partial charge in [0, 0.05) is 55.1 Å². The molecule has 0 unspecified atom stereocenters. The molecule has 1 aromatic carbocycles. The maximum absolute atomic E-state index is 12.6. The first-order valence-electron chi connectivity index (χ1n) is 11.5. The number of carbonyl (C=O) groups excluding carboxylic acids is 1. The average molecular weight is 425 g/mol. The summed E-state index contributed by atoms with van der Waals surface area (Å²) in [6.07, 6.45) is 8.50. The molecule has 2 aliphatic heterocycles. The Labute approximate surface area is 183 Å². The molecule has 2 amide bonds. The minimum absolute atomic E-state index is 0.0186. The molecule has 0 bridgehead atoms. The number of hydrogen-bond acceptors (Lipinski definition) is 4. The molecule has 3 aliphatic rings. The molecular formula is C24H32N4OS. The standard InChI is InChI=1S/C24H32N4OS/c1-17-4-2-5-19(16-17)25-24(29)28-12-8-18(9-13-28)23-26-21-10-14-27(20-6-3-7-20)15-11-22(21)30-23/h2,4-5,16,18,20H,3,6-15H2,1H3,(H,25,29). The second-order valence-electron chi connectivity index (χ2n) is 9.10. The molecular weight excluding hydrogens is 392 g/mol. The maximum atomic E-state index is 12.6. The first kappa shape index (κ1) is 20.0. The number of likely N-dealkylation sites (tertiary alicyclic amines) is 1. The number of urea groups is 1. The summed E-state index contributed by atoms with van der Waals surface area (Å²) in [4.78, 5) is 23.9. The van der Waals surface area contributed by atoms with Crippen LogP contribution in [-0.4, -0.2) is 53.0 Å². The van der Waals surface area contributed by atoms with Crippen molar-refractivity contribution in [2.45, 2.75) is 63.8 Å². The summed E-state index contributed by atoms with van der Waals surface area (Å²) in [6, 6.07) is 8.85. The van der Waals surface area contributed by atoms with Gasteiger partial charge in [0.25, 0.3) is 0 Å². The maximum Gasteiger partial charge on any atom is 0.321 e. The van der Waals surface area contributed by atoms with Crippen LogP contribution in [0.15, 0.2) is 24.3 Å². The Balaban J connectivity index is 1.15. The zero-order valence-electron chi connectivity index (χ0n) is 17.9. The number of nitrogens with zero attached hydrogens (tertiary/aromatic N) is 3. The summed E-state index contributed by atoms with van der Waals surface area (Å²) in [5, 5.41) is 4.36. The average Bonchev–Trinajstić information content (AvgIpc) is 3.02. The predicted molar refractivity (Wildman–Crippen MR) is 122 cm³/mol. The van der Waals surface area contributed by atoms with E-state index in [1.54, 1.807) is 0 Å². The van der Waals surface area contributed by atoms with E-state index < -0.39 is 0 Å². The van der Waals surface area contributed by atoms with Gasteiger partial charge in [0.15, 0.2) is 0 Å². The third-order valence-electron chi connectivity index (χ3n) is 7.05. The number of fused-ring (bicyclic) bond motifs is 1. The Morgan fingerprint density at radius 3 is 2.63 bits per heavy atom. The normalized spacial score (nSPS) is 21.0. The Kier molecular flexibility index (Phi) is 5.79. The first-order valence-corrected chi connectivity index (χ1v) is 12.3. The summed E-state index contributed by atoms with van der Waals surface area (Å²) in [5.74, 6) is 0.507. The summed E-state index contributed by atoms with van der Waals surface area (Å²) in [6.45, 7) is 6.04. The number of carbonyl (C=O) groups is 1. The monoisotopic (exact) mass is 424 g/mol. The molecule has 1 N–H and O–H groups in total. The SMILES string of the molecule is Cc1cccc(NC(=O)N2CCC(c3nc4c(s3)CCN(C3CCC3)CC4)CC2)c1. The van der Waals surface area contributed by atoms with Crippen molar-refractivity contribution in [2.75, 3.05) is 31.5 Å². The van der Waals surface area contributed by atoms with E-state index in [0.29, 0.717) is 5.92 Å². The largest absolute Gasteiger partial charge is 0.324 e. The Bertz CT molecular complexity index is 873. The van der Waals surface area contributed by atoms with Crippen LogP contribution in [0.1, 0.15) is 59.2 Å². The molecule has 0 radical (unpaired) electrons. The Morgan fingerprint density at radius 2 is 1.90 bits per heavy atom. The first-order chi connectivity index (χ1) is 14.7. The third-order valence-corrected chi connectivity index (χ3v) is 8.37. The van der Waals surface area contributed by atoms with Crippen LogP contribution in [0.25, 0.3) is 0 Å². The number of benzene rings is 1. The minimum Gasteiger partial charge on any atom is -0.324 e. The molecule has 2 fully saturated rings. The van der Waals surface area contributed by atoms with E-state index in [9.17, 15) is 4.79 Å². The molecule has 1 aliphatic carbocycles. The van der Waals surface area contributed by atoms with Crippen molar-refractivity contribution in [3.05, 3.63) is 45.4 Å². The molecule has 0 spiro atoms. The van der Waals surface area contributed by atoms with Crippen molar-refractivity contribution in [1.29, 1.82) is 0 Å². The Hall–Kier alpha value is -1.92. The topological polar surface area (TPSA) is 48.5 Å². The second-order valence-corrected chi connectivity index (χ2v) is 10.2. The number of hydrogen-bond donors (Lipinski definition) is 1. The number of thiazole rings is 1. The molecule has 2 aromatic rings. The van der Waals surface area contributed by atoms with Crippen LogP contribution >= 0.6 is 11.3 Å². The van der Waals surface area contributed by atoms with E-state index in [0.717, 1.165) is 49.6 Å². The third kappa shape index (κ3) is 4.26. The molecule has 5 nitrogen and oxygen atoms in total. The number of piperidine rings is 1. The number of aromatic nitrogens is 1. The zero-order chi connectivity index (χ0) is 20.5. The minimum atomic E-state index is 0.0186. The number of nitrogens with one attached hydrogen (secondary N) is 1. The molecule has 3 heterocycles. The fourth-order valence-electron chi connectivity index (χ4n) is 4.95. The molecule has 5 rings (SSSR count). The van der Waals surface area contributed by atoms with E-state index in [1.807, 2.05) is 47.4 Å². The Morgan fingerprint density at radius 1 is 1.10 bits per heavy atom. The molecule has 6 heteroatoms. The van der Waals surface area contributed by atoms with Gasteiger partial charge in [0.1, 0.15) is 0 Å². The van der Waals surface area contributed by atoms with E-state index >= 15 is 0 Å². The van der Waals surface area contributed by atoms with Crippen molar-refractivity contribution in [1.82, 2.24) is 14.8 Å². The van der Waals surface area contributed by atoms with E-state index in [1.165, 1.54) is 54.4 Å². The lowest BCUT2D eigenvalue weighted by atomic mass is 9.91. The van der Waals surface area contributed by atoms with Crippen LogP contribution in [0, 0.1) is 6.92 Å². The van der Waals surface area contributed by atoms with Gasteiger partial charge in [0.2, 0.25) is 0 Å². The highest BCUT2D eigenvalue weighted by Crippen LogP contribution is 2.35. The van der Waals surface area contributed by atoms with Crippen LogP contribution in [0.5, 0.6) is 0 Å². The fraction of sp³-hybridized carbons (Fsp3) is 0.583. The lowest BCUT2D eigenvalue weighted by molar-refractivity contribution is 0.133. The smallest absolute Gasteiger partial charge is 0.321 e. The van der Waals surface area contributed by atoms with Gasteiger partial charge >= 0.3 is 6.03 Å². The second kappa shape index (κ2) is 8.67. The molecule has 1 saturated carbocycles. The number of amides is 2. The van der Waals surface area contributed by atoms with Gasteiger partial charge in [0.05, 0.1) is 10.7 Å². The zero-order valence-corrected chi connectivity index (χ0v) is 18.7. The fourth-order valence-corrected chi connectivity index (χ4v) is 6.22. The van der Waals surface area contributed by atoms with Crippen LogP contribution in [-0.2, 0) is 12.8 Å². The summed E-state index contributed by atoms with van der Waals surface area (Å²) < 4.78 is 0. The van der Waals surface area contributed by atoms with Crippen LogP contribution in [0.3, 0.4) is 0 Å². The van der Waals surface area contributed by atoms with Gasteiger partial charge < -0.3 is 10.2 Å². The van der Waals surface area contributed by atoms with Crippen LogP contribution < -0.4 is 5.32 Å². The van der Waals surface area contributed by atoms with Crippen molar-refractivity contribution < 1.29 is 4.79 Å². The summed E-state index contributed by atoms with van der Waals surface area (Å²) in [7, 11) is 0. The molecule has 160 valence electrons. The van der Waals surface area contributed by atoms with Gasteiger partial charge in [-0.05, 0) is 56.7 Å². The summed E-state index contributed by atoms with van der Waals surface area (Å²) in [5.41, 5.74) is 3.39. The highest BCUT2D eigenvalue weighted by Gasteiger charge is 2.30. The number of rotatable bonds is 3. The van der Waals surface area contributed by atoms with Crippen molar-refractivity contribution in [3.63, 3.8) is 0 Å². The van der Waals surface area contributed by atoms with E-state index in [4.69, 9.17) is 4.98 Å². The van der Waals surface area contributed by atoms with E-state index in [-0.39, 0.29) is 6.03 Å². The van der Waals surface area contributed by atoms with Gasteiger partial charge in [-0.2, -0.15) is 0 Å². The highest BCUT2D eigenvalue weighted by atomic mass is 32.1. The highest BCUT2D eigenvalue weighted by molar-refractivity contribution is 7.11. The lowest BCUT2D eigenvalue weighted by Crippen LogP contribution is -2.41. The molecule has 0 atom stereocenters. The predicted octanol–water partition coefficient (Wildman–Crippen LogP) is 4.82. The van der Waals surface area contributed by atoms with Gasteiger partial charge in [-0.25, -0.2) is 9.78 Å². The van der Waals surface area contributed by atoms with Gasteiger partial charge in [-0.1, -0.05) is 18.6 Å².